The molecule has 1 atom stereocenters. The third-order valence-electron chi connectivity index (χ3n) is 2.88. The smallest absolute Gasteiger partial charge is 0.252 e. The molecule has 0 aliphatic carbocycles. The molecule has 1 aliphatic rings. The van der Waals surface area contributed by atoms with Gasteiger partial charge in [0.15, 0.2) is 5.82 Å². The molecule has 1 aliphatic heterocycles. The molecule has 1 saturated heterocycles. The number of amides is 1. The Kier molecular flexibility index (Phi) is 5.90. The van der Waals surface area contributed by atoms with E-state index >= 15 is 0 Å². The van der Waals surface area contributed by atoms with Gasteiger partial charge < -0.3 is 24.4 Å². The van der Waals surface area contributed by atoms with Gasteiger partial charge in [0.2, 0.25) is 5.91 Å². The zero-order valence-corrected chi connectivity index (χ0v) is 11.2. The number of nitrogens with one attached hydrogen (secondary N) is 1. The average Bonchev–Trinajstić information content (AvgIpc) is 3.10. The van der Waals surface area contributed by atoms with Gasteiger partial charge in [-0.2, -0.15) is 4.98 Å². The van der Waals surface area contributed by atoms with Crippen LogP contribution in [0, 0.1) is 0 Å². The van der Waals surface area contributed by atoms with Crippen LogP contribution in [0.1, 0.15) is 24.6 Å². The second-order valence-electron chi connectivity index (χ2n) is 4.51. The highest BCUT2D eigenvalue weighted by Crippen LogP contribution is 2.11. The lowest BCUT2D eigenvalue weighted by Crippen LogP contribution is -2.30. The summed E-state index contributed by atoms with van der Waals surface area (Å²) in [6.45, 7) is 1.37. The van der Waals surface area contributed by atoms with Gasteiger partial charge >= 0.3 is 0 Å². The van der Waals surface area contributed by atoms with Crippen molar-refractivity contribution in [3.05, 3.63) is 11.7 Å². The molecule has 1 aromatic rings. The summed E-state index contributed by atoms with van der Waals surface area (Å²) in [4.78, 5) is 15.4. The van der Waals surface area contributed by atoms with Crippen molar-refractivity contribution < 1.29 is 23.9 Å². The number of hydrogen-bond acceptors (Lipinski definition) is 7. The Morgan fingerprint density at radius 2 is 2.45 bits per heavy atom. The number of ether oxygens (including phenoxy) is 2. The van der Waals surface area contributed by atoms with E-state index in [1.165, 1.54) is 0 Å². The summed E-state index contributed by atoms with van der Waals surface area (Å²) in [6, 6.07) is 0. The Hall–Kier alpha value is -1.51. The van der Waals surface area contributed by atoms with Crippen molar-refractivity contribution >= 4 is 5.91 Å². The maximum atomic E-state index is 11.5. The predicted molar refractivity (Wildman–Crippen MR) is 66.7 cm³/mol. The van der Waals surface area contributed by atoms with Crippen LogP contribution in [0.2, 0.25) is 0 Å². The van der Waals surface area contributed by atoms with E-state index in [1.54, 1.807) is 0 Å². The van der Waals surface area contributed by atoms with E-state index in [0.29, 0.717) is 25.4 Å². The van der Waals surface area contributed by atoms with Gasteiger partial charge in [-0.3, -0.25) is 4.79 Å². The van der Waals surface area contributed by atoms with Gasteiger partial charge in [0.05, 0.1) is 12.7 Å². The lowest BCUT2D eigenvalue weighted by molar-refractivity contribution is -0.126. The minimum absolute atomic E-state index is 0.0218. The third-order valence-corrected chi connectivity index (χ3v) is 2.88. The number of rotatable bonds is 8. The summed E-state index contributed by atoms with van der Waals surface area (Å²) in [5.74, 6) is 0.440. The highest BCUT2D eigenvalue weighted by atomic mass is 16.5. The van der Waals surface area contributed by atoms with E-state index in [2.05, 4.69) is 15.5 Å². The van der Waals surface area contributed by atoms with Crippen molar-refractivity contribution in [3.63, 3.8) is 0 Å². The standard InChI is InChI=1S/C12H19N3O5/c16-6-12-14-10(15-20-12)3-4-13-11(17)8-18-7-9-2-1-5-19-9/h9,16H,1-8H2,(H,13,17)/t9-/m0/s1. The number of aliphatic hydroxyl groups is 1. The van der Waals surface area contributed by atoms with Crippen LogP contribution in [0.3, 0.4) is 0 Å². The van der Waals surface area contributed by atoms with Crippen LogP contribution in [0.4, 0.5) is 0 Å². The lowest BCUT2D eigenvalue weighted by Gasteiger charge is -2.09. The maximum Gasteiger partial charge on any atom is 0.252 e. The number of carbonyl (C=O) groups excluding carboxylic acids is 1. The molecule has 0 spiro atoms. The first-order chi connectivity index (χ1) is 9.78. The minimum atomic E-state index is -0.281. The molecular formula is C12H19N3O5. The van der Waals surface area contributed by atoms with Gasteiger partial charge in [-0.05, 0) is 12.8 Å². The first kappa shape index (κ1) is 14.9. The molecule has 0 unspecified atom stereocenters. The fourth-order valence-corrected chi connectivity index (χ4v) is 1.88. The molecule has 0 bridgehead atoms. The average molecular weight is 285 g/mol. The van der Waals surface area contributed by atoms with Crippen LogP contribution in [0.25, 0.3) is 0 Å². The second kappa shape index (κ2) is 7.93. The fraction of sp³-hybridized carbons (Fsp3) is 0.750. The number of carbonyl (C=O) groups is 1. The predicted octanol–water partition coefficient (Wildman–Crippen LogP) is -0.584. The molecular weight excluding hydrogens is 266 g/mol. The highest BCUT2D eigenvalue weighted by molar-refractivity contribution is 5.77. The summed E-state index contributed by atoms with van der Waals surface area (Å²) >= 11 is 0. The van der Waals surface area contributed by atoms with Gasteiger partial charge in [0, 0.05) is 19.6 Å². The Morgan fingerprint density at radius 3 is 3.15 bits per heavy atom. The molecule has 0 saturated carbocycles. The Labute approximate surface area is 116 Å². The van der Waals surface area contributed by atoms with E-state index < -0.39 is 0 Å². The molecule has 2 rings (SSSR count). The van der Waals surface area contributed by atoms with Crippen LogP contribution in [0.15, 0.2) is 4.52 Å². The van der Waals surface area contributed by atoms with Crippen molar-refractivity contribution in [2.75, 3.05) is 26.4 Å². The number of aliphatic hydroxyl groups excluding tert-OH is 1. The molecule has 0 aromatic carbocycles. The fourth-order valence-electron chi connectivity index (χ4n) is 1.88. The Morgan fingerprint density at radius 1 is 1.55 bits per heavy atom. The summed E-state index contributed by atoms with van der Waals surface area (Å²) in [5, 5.41) is 15.1. The van der Waals surface area contributed by atoms with E-state index in [4.69, 9.17) is 19.1 Å². The van der Waals surface area contributed by atoms with Crippen molar-refractivity contribution in [2.24, 2.45) is 0 Å². The maximum absolute atomic E-state index is 11.5. The van der Waals surface area contributed by atoms with E-state index in [9.17, 15) is 4.79 Å². The molecule has 20 heavy (non-hydrogen) atoms. The van der Waals surface area contributed by atoms with Crippen molar-refractivity contribution in [3.8, 4) is 0 Å². The SMILES string of the molecule is O=C(COC[C@@H]1CCCO1)NCCc1noc(CO)n1. The van der Waals surface area contributed by atoms with Gasteiger partial charge in [0.25, 0.3) is 5.89 Å². The van der Waals surface area contributed by atoms with Gasteiger partial charge in [-0.25, -0.2) is 0 Å². The molecule has 2 N–H and O–H groups in total. The number of aromatic nitrogens is 2. The monoisotopic (exact) mass is 285 g/mol. The Balaban J connectivity index is 1.53. The van der Waals surface area contributed by atoms with Gasteiger partial charge in [-0.1, -0.05) is 5.16 Å². The minimum Gasteiger partial charge on any atom is -0.387 e. The number of nitrogens with zero attached hydrogens (tertiary/aromatic N) is 2. The lowest BCUT2D eigenvalue weighted by atomic mass is 10.2. The highest BCUT2D eigenvalue weighted by Gasteiger charge is 2.15. The second-order valence-corrected chi connectivity index (χ2v) is 4.51. The molecule has 1 aromatic heterocycles. The largest absolute Gasteiger partial charge is 0.387 e. The third kappa shape index (κ3) is 4.87. The summed E-state index contributed by atoms with van der Waals surface area (Å²) in [6.07, 6.45) is 2.62. The normalized spacial score (nSPS) is 18.4. The molecule has 8 nitrogen and oxygen atoms in total. The van der Waals surface area contributed by atoms with E-state index in [-0.39, 0.29) is 31.1 Å². The van der Waals surface area contributed by atoms with Crippen LogP contribution in [-0.2, 0) is 27.3 Å². The number of hydrogen-bond donors (Lipinski definition) is 2. The quantitative estimate of drug-likeness (QED) is 0.657. The van der Waals surface area contributed by atoms with Gasteiger partial charge in [0.1, 0.15) is 13.2 Å². The zero-order chi connectivity index (χ0) is 14.2. The molecule has 0 radical (unpaired) electrons. The first-order valence-corrected chi connectivity index (χ1v) is 6.66. The topological polar surface area (TPSA) is 107 Å². The molecule has 8 heteroatoms. The van der Waals surface area contributed by atoms with E-state index in [0.717, 1.165) is 19.4 Å². The Bertz CT molecular complexity index is 417. The zero-order valence-electron chi connectivity index (χ0n) is 11.2. The van der Waals surface area contributed by atoms with Crippen LogP contribution >= 0.6 is 0 Å². The van der Waals surface area contributed by atoms with Crippen molar-refractivity contribution in [1.29, 1.82) is 0 Å². The van der Waals surface area contributed by atoms with Crippen LogP contribution in [-0.4, -0.2) is 53.6 Å². The van der Waals surface area contributed by atoms with Crippen molar-refractivity contribution in [2.45, 2.75) is 32.0 Å². The van der Waals surface area contributed by atoms with Gasteiger partial charge in [-0.15, -0.1) is 0 Å². The first-order valence-electron chi connectivity index (χ1n) is 6.66. The molecule has 1 amide bonds. The summed E-state index contributed by atoms with van der Waals surface area (Å²) in [5.41, 5.74) is 0. The van der Waals surface area contributed by atoms with E-state index in [1.807, 2.05) is 0 Å². The van der Waals surface area contributed by atoms with Crippen LogP contribution in [0.5, 0.6) is 0 Å². The molecule has 1 fully saturated rings. The van der Waals surface area contributed by atoms with Crippen molar-refractivity contribution in [1.82, 2.24) is 15.5 Å². The summed E-state index contributed by atoms with van der Waals surface area (Å²) in [7, 11) is 0. The molecule has 2 heterocycles. The van der Waals surface area contributed by atoms with Crippen LogP contribution < -0.4 is 5.32 Å². The summed E-state index contributed by atoms with van der Waals surface area (Å²) < 4.78 is 15.4. The molecule has 112 valence electrons.